The number of nitro groups is 1. The van der Waals surface area contributed by atoms with Gasteiger partial charge in [0.25, 0.3) is 5.69 Å². The van der Waals surface area contributed by atoms with Gasteiger partial charge in [0.1, 0.15) is 12.6 Å². The van der Waals surface area contributed by atoms with Gasteiger partial charge in [-0.25, -0.2) is 4.79 Å². The van der Waals surface area contributed by atoms with Crippen LogP contribution in [0, 0.1) is 24.0 Å². The molecule has 0 heterocycles. The highest BCUT2D eigenvalue weighted by Gasteiger charge is 2.23. The Morgan fingerprint density at radius 1 is 0.939 bits per heavy atom. The third-order valence-electron chi connectivity index (χ3n) is 5.18. The highest BCUT2D eigenvalue weighted by molar-refractivity contribution is 5.96. The van der Waals surface area contributed by atoms with Crippen LogP contribution >= 0.6 is 0 Å². The average molecular weight is 447 g/mol. The lowest BCUT2D eigenvalue weighted by Gasteiger charge is -2.19. The molecule has 0 saturated carbocycles. The Kier molecular flexibility index (Phi) is 7.75. The second kappa shape index (κ2) is 10.9. The van der Waals surface area contributed by atoms with Crippen molar-refractivity contribution in [2.24, 2.45) is 0 Å². The zero-order chi connectivity index (χ0) is 23.8. The predicted octanol–water partition coefficient (Wildman–Crippen LogP) is 4.69. The van der Waals surface area contributed by atoms with E-state index in [4.69, 9.17) is 4.74 Å². The van der Waals surface area contributed by atoms with E-state index >= 15 is 0 Å². The van der Waals surface area contributed by atoms with Crippen molar-refractivity contribution in [3.05, 3.63) is 105 Å². The summed E-state index contributed by atoms with van der Waals surface area (Å²) in [4.78, 5) is 35.8. The topological polar surface area (TPSA) is 111 Å². The maximum absolute atomic E-state index is 13.0. The van der Waals surface area contributed by atoms with Crippen LogP contribution in [0.3, 0.4) is 0 Å². The number of alkyl carbamates (subject to hydrolysis) is 1. The first kappa shape index (κ1) is 23.5. The number of hydrogen-bond acceptors (Lipinski definition) is 5. The number of nitrogens with one attached hydrogen (secondary N) is 2. The van der Waals surface area contributed by atoms with E-state index in [1.807, 2.05) is 56.3 Å². The molecule has 0 saturated heterocycles. The van der Waals surface area contributed by atoms with Crippen molar-refractivity contribution < 1.29 is 19.2 Å². The number of amides is 2. The minimum atomic E-state index is -0.948. The van der Waals surface area contributed by atoms with Gasteiger partial charge in [-0.15, -0.1) is 0 Å². The first-order valence-corrected chi connectivity index (χ1v) is 10.4. The summed E-state index contributed by atoms with van der Waals surface area (Å²) >= 11 is 0. The van der Waals surface area contributed by atoms with E-state index < -0.39 is 23.0 Å². The Labute approximate surface area is 191 Å². The average Bonchev–Trinajstić information content (AvgIpc) is 2.80. The maximum atomic E-state index is 13.0. The molecule has 8 nitrogen and oxygen atoms in total. The number of carbonyl (C=O) groups excluding carboxylic acids is 2. The molecular weight excluding hydrogens is 422 g/mol. The number of carbonyl (C=O) groups is 2. The molecule has 0 radical (unpaired) electrons. The van der Waals surface area contributed by atoms with Gasteiger partial charge in [0, 0.05) is 24.2 Å². The van der Waals surface area contributed by atoms with Gasteiger partial charge in [0.05, 0.1) is 4.92 Å². The fourth-order valence-corrected chi connectivity index (χ4v) is 3.15. The van der Waals surface area contributed by atoms with E-state index in [9.17, 15) is 19.7 Å². The lowest BCUT2D eigenvalue weighted by atomic mass is 10.0. The van der Waals surface area contributed by atoms with Gasteiger partial charge in [-0.1, -0.05) is 48.5 Å². The number of nitro benzene ring substituents is 1. The highest BCUT2D eigenvalue weighted by Crippen LogP contribution is 2.17. The van der Waals surface area contributed by atoms with E-state index in [0.717, 1.165) is 16.7 Å². The molecule has 0 unspecified atom stereocenters. The largest absolute Gasteiger partial charge is 0.445 e. The molecule has 0 fully saturated rings. The Morgan fingerprint density at radius 3 is 2.27 bits per heavy atom. The molecule has 0 aliphatic heterocycles. The molecule has 33 heavy (non-hydrogen) atoms. The van der Waals surface area contributed by atoms with Gasteiger partial charge < -0.3 is 15.4 Å². The van der Waals surface area contributed by atoms with Gasteiger partial charge in [0.2, 0.25) is 5.91 Å². The van der Waals surface area contributed by atoms with Gasteiger partial charge in [0.15, 0.2) is 0 Å². The molecule has 0 bridgehead atoms. The van der Waals surface area contributed by atoms with Crippen LogP contribution in [0.2, 0.25) is 0 Å². The van der Waals surface area contributed by atoms with E-state index in [1.54, 1.807) is 18.2 Å². The van der Waals surface area contributed by atoms with Crippen LogP contribution in [0.1, 0.15) is 22.3 Å². The van der Waals surface area contributed by atoms with Crippen LogP contribution in [0.25, 0.3) is 0 Å². The lowest BCUT2D eigenvalue weighted by molar-refractivity contribution is -0.384. The maximum Gasteiger partial charge on any atom is 0.408 e. The van der Waals surface area contributed by atoms with E-state index in [1.165, 1.54) is 12.1 Å². The van der Waals surface area contributed by atoms with E-state index in [0.29, 0.717) is 11.3 Å². The predicted molar refractivity (Wildman–Crippen MR) is 125 cm³/mol. The Bertz CT molecular complexity index is 1130. The summed E-state index contributed by atoms with van der Waals surface area (Å²) in [7, 11) is 0. The van der Waals surface area contributed by atoms with Gasteiger partial charge in [-0.2, -0.15) is 0 Å². The first-order valence-electron chi connectivity index (χ1n) is 10.4. The van der Waals surface area contributed by atoms with Crippen molar-refractivity contribution in [2.45, 2.75) is 32.9 Å². The molecule has 1 atom stereocenters. The smallest absolute Gasteiger partial charge is 0.408 e. The normalized spacial score (nSPS) is 11.3. The molecule has 0 spiro atoms. The fourth-order valence-electron chi connectivity index (χ4n) is 3.15. The van der Waals surface area contributed by atoms with Crippen LogP contribution in [0.15, 0.2) is 72.8 Å². The van der Waals surface area contributed by atoms with Crippen LogP contribution in [0.5, 0.6) is 0 Å². The number of rotatable bonds is 8. The number of non-ortho nitro benzene ring substituents is 1. The molecule has 170 valence electrons. The van der Waals surface area contributed by atoms with Gasteiger partial charge in [-0.3, -0.25) is 14.9 Å². The Balaban J connectivity index is 1.72. The summed E-state index contributed by atoms with van der Waals surface area (Å²) < 4.78 is 5.26. The lowest BCUT2D eigenvalue weighted by Crippen LogP contribution is -2.45. The van der Waals surface area contributed by atoms with Crippen molar-refractivity contribution >= 4 is 23.4 Å². The standard InChI is InChI=1S/C25H25N3O5/c1-17-8-11-21(14-18(17)2)26-24(29)23(15-19-9-12-22(13-10-19)28(31)32)27-25(30)33-16-20-6-4-3-5-7-20/h3-14,23H,15-16H2,1-2H3,(H,26,29)(H,27,30)/t23-/m0/s1. The third-order valence-corrected chi connectivity index (χ3v) is 5.18. The Hall–Kier alpha value is -4.20. The number of anilines is 1. The molecular formula is C25H25N3O5. The highest BCUT2D eigenvalue weighted by atomic mass is 16.6. The van der Waals surface area contributed by atoms with Crippen molar-refractivity contribution in [1.82, 2.24) is 5.32 Å². The third kappa shape index (κ3) is 6.90. The van der Waals surface area contributed by atoms with Crippen LogP contribution in [-0.2, 0) is 22.6 Å². The fraction of sp³-hybridized carbons (Fsp3) is 0.200. The SMILES string of the molecule is Cc1ccc(NC(=O)[C@H](Cc2ccc([N+](=O)[O-])cc2)NC(=O)OCc2ccccc2)cc1C. The summed E-state index contributed by atoms with van der Waals surface area (Å²) in [5.41, 5.74) is 4.15. The first-order chi connectivity index (χ1) is 15.8. The molecule has 0 aliphatic rings. The summed E-state index contributed by atoms with van der Waals surface area (Å²) in [6, 6.07) is 19.6. The second-order valence-corrected chi connectivity index (χ2v) is 7.67. The number of nitrogens with zero attached hydrogens (tertiary/aromatic N) is 1. The zero-order valence-corrected chi connectivity index (χ0v) is 18.4. The van der Waals surface area contributed by atoms with E-state index in [2.05, 4.69) is 10.6 Å². The minimum absolute atomic E-state index is 0.0508. The van der Waals surface area contributed by atoms with Crippen molar-refractivity contribution in [1.29, 1.82) is 0 Å². The van der Waals surface area contributed by atoms with Gasteiger partial charge >= 0.3 is 6.09 Å². The van der Waals surface area contributed by atoms with Crippen molar-refractivity contribution in [2.75, 3.05) is 5.32 Å². The van der Waals surface area contributed by atoms with E-state index in [-0.39, 0.29) is 18.7 Å². The quantitative estimate of drug-likeness (QED) is 0.385. The molecule has 2 N–H and O–H groups in total. The van der Waals surface area contributed by atoms with Crippen molar-refractivity contribution in [3.8, 4) is 0 Å². The summed E-state index contributed by atoms with van der Waals surface area (Å²) in [6.45, 7) is 3.98. The second-order valence-electron chi connectivity index (χ2n) is 7.67. The summed E-state index contributed by atoms with van der Waals surface area (Å²) in [6.07, 6.45) is -0.601. The Morgan fingerprint density at radius 2 is 1.64 bits per heavy atom. The number of hydrogen-bond donors (Lipinski definition) is 2. The molecule has 8 heteroatoms. The molecule has 0 aromatic heterocycles. The minimum Gasteiger partial charge on any atom is -0.445 e. The molecule has 3 aromatic carbocycles. The molecule has 2 amide bonds. The van der Waals surface area contributed by atoms with Crippen LogP contribution < -0.4 is 10.6 Å². The zero-order valence-electron chi connectivity index (χ0n) is 18.4. The monoisotopic (exact) mass is 447 g/mol. The summed E-state index contributed by atoms with van der Waals surface area (Å²) in [5, 5.41) is 16.3. The molecule has 0 aliphatic carbocycles. The molecule has 3 rings (SSSR count). The summed E-state index contributed by atoms with van der Waals surface area (Å²) in [5.74, 6) is -0.423. The number of aryl methyl sites for hydroxylation is 2. The van der Waals surface area contributed by atoms with Crippen LogP contribution in [-0.4, -0.2) is 23.0 Å². The molecule has 3 aromatic rings. The van der Waals surface area contributed by atoms with Crippen molar-refractivity contribution in [3.63, 3.8) is 0 Å². The number of benzene rings is 3. The van der Waals surface area contributed by atoms with Crippen LogP contribution in [0.4, 0.5) is 16.2 Å². The van der Waals surface area contributed by atoms with Gasteiger partial charge in [-0.05, 0) is 48.2 Å². The number of ether oxygens (including phenoxy) is 1.